The number of nitrogens with zero attached hydrogens (tertiary/aromatic N) is 5. The van der Waals surface area contributed by atoms with Crippen LogP contribution in [-0.2, 0) is 10.3 Å². The molecule has 12 heteroatoms. The molecule has 1 aromatic carbocycles. The lowest BCUT2D eigenvalue weighted by Crippen LogP contribution is -2.49. The summed E-state index contributed by atoms with van der Waals surface area (Å²) in [6, 6.07) is 6.60. The molecule has 1 aliphatic rings. The number of carbonyl (C=O) groups is 1. The Morgan fingerprint density at radius 1 is 1.25 bits per heavy atom. The van der Waals surface area contributed by atoms with E-state index in [2.05, 4.69) is 16.2 Å². The van der Waals surface area contributed by atoms with Gasteiger partial charge in [-0.3, -0.25) is 4.68 Å². The van der Waals surface area contributed by atoms with Gasteiger partial charge >= 0.3 is 6.09 Å². The van der Waals surface area contributed by atoms with Gasteiger partial charge < -0.3 is 20.1 Å². The maximum absolute atomic E-state index is 14.1. The van der Waals surface area contributed by atoms with Crippen molar-refractivity contribution < 1.29 is 18.7 Å². The molecular formula is C28H31Cl2FN6O3. The van der Waals surface area contributed by atoms with E-state index in [4.69, 9.17) is 38.4 Å². The van der Waals surface area contributed by atoms with Crippen LogP contribution in [-0.4, -0.2) is 44.4 Å². The lowest BCUT2D eigenvalue weighted by atomic mass is 9.85. The van der Waals surface area contributed by atoms with Crippen molar-refractivity contribution in [1.29, 1.82) is 5.26 Å². The number of nitrogen functional groups attached to an aromatic ring is 1. The van der Waals surface area contributed by atoms with Crippen LogP contribution in [0, 0.1) is 17.1 Å². The lowest BCUT2D eigenvalue weighted by molar-refractivity contribution is 0.0105. The molecule has 3 aromatic rings. The largest absolute Gasteiger partial charge is 0.482 e. The number of nitriles is 1. The SMILES string of the molecule is CC(Oc1cc(-c2cnn(C3(CC#N)CCN(C(=O)OC(C)(C)C)CC3)c2)cnc1N)c1c(Cl)ccc(F)c1Cl. The van der Waals surface area contributed by atoms with E-state index < -0.39 is 23.1 Å². The third kappa shape index (κ3) is 6.26. The molecule has 0 bridgehead atoms. The van der Waals surface area contributed by atoms with E-state index in [-0.39, 0.29) is 34.1 Å². The summed E-state index contributed by atoms with van der Waals surface area (Å²) < 4.78 is 27.4. The number of benzene rings is 1. The van der Waals surface area contributed by atoms with Crippen LogP contribution in [0.15, 0.2) is 36.8 Å². The molecule has 1 unspecified atom stereocenters. The van der Waals surface area contributed by atoms with Crippen LogP contribution < -0.4 is 10.5 Å². The number of rotatable bonds is 6. The third-order valence-electron chi connectivity index (χ3n) is 6.83. The molecule has 9 nitrogen and oxygen atoms in total. The van der Waals surface area contributed by atoms with Gasteiger partial charge in [0, 0.05) is 47.2 Å². The maximum Gasteiger partial charge on any atom is 0.410 e. The number of amides is 1. The van der Waals surface area contributed by atoms with Crippen molar-refractivity contribution in [2.24, 2.45) is 0 Å². The van der Waals surface area contributed by atoms with Crippen LogP contribution in [0.3, 0.4) is 0 Å². The number of aromatic nitrogens is 3. The minimum Gasteiger partial charge on any atom is -0.482 e. The van der Waals surface area contributed by atoms with Crippen LogP contribution in [0.5, 0.6) is 5.75 Å². The highest BCUT2D eigenvalue weighted by Crippen LogP contribution is 2.38. The van der Waals surface area contributed by atoms with Crippen molar-refractivity contribution in [2.45, 2.75) is 64.2 Å². The zero-order chi connectivity index (χ0) is 29.2. The molecule has 0 saturated carbocycles. The number of pyridine rings is 1. The molecule has 0 spiro atoms. The monoisotopic (exact) mass is 588 g/mol. The molecule has 212 valence electrons. The standard InChI is InChI=1S/C28H31Cl2FN6O3/c1-17(23-20(29)5-6-21(31)24(23)30)39-22-13-18(14-34-25(22)33)19-15-35-37(16-19)28(7-10-32)8-11-36(12-9-28)26(38)40-27(2,3)4/h5-6,13-17H,7-9,11-12H2,1-4H3,(H2,33,34). The Balaban J connectivity index is 1.55. The topological polar surface area (TPSA) is 119 Å². The Bertz CT molecular complexity index is 1440. The van der Waals surface area contributed by atoms with E-state index in [1.54, 1.807) is 35.0 Å². The van der Waals surface area contributed by atoms with Gasteiger partial charge in [0.1, 0.15) is 17.5 Å². The molecule has 1 saturated heterocycles. The number of hydrogen-bond donors (Lipinski definition) is 1. The predicted molar refractivity (Wildman–Crippen MR) is 151 cm³/mol. The highest BCUT2D eigenvalue weighted by Gasteiger charge is 2.39. The smallest absolute Gasteiger partial charge is 0.410 e. The first-order valence-corrected chi connectivity index (χ1v) is 13.5. The summed E-state index contributed by atoms with van der Waals surface area (Å²) in [5.74, 6) is -0.194. The molecule has 40 heavy (non-hydrogen) atoms. The maximum atomic E-state index is 14.1. The van der Waals surface area contributed by atoms with Gasteiger partial charge in [-0.15, -0.1) is 0 Å². The molecule has 1 amide bonds. The highest BCUT2D eigenvalue weighted by molar-refractivity contribution is 6.36. The molecule has 3 heterocycles. The Morgan fingerprint density at radius 3 is 2.60 bits per heavy atom. The van der Waals surface area contributed by atoms with Crippen molar-refractivity contribution in [3.63, 3.8) is 0 Å². The second-order valence-electron chi connectivity index (χ2n) is 10.8. The molecule has 0 aliphatic carbocycles. The average molecular weight is 589 g/mol. The number of piperidine rings is 1. The van der Waals surface area contributed by atoms with E-state index in [0.29, 0.717) is 37.1 Å². The summed E-state index contributed by atoms with van der Waals surface area (Å²) >= 11 is 12.4. The number of halogens is 3. The summed E-state index contributed by atoms with van der Waals surface area (Å²) in [4.78, 5) is 18.5. The van der Waals surface area contributed by atoms with Gasteiger partial charge in [-0.2, -0.15) is 10.4 Å². The molecule has 0 radical (unpaired) electrons. The van der Waals surface area contributed by atoms with Crippen molar-refractivity contribution in [3.05, 3.63) is 58.2 Å². The number of likely N-dealkylation sites (tertiary alicyclic amines) is 1. The van der Waals surface area contributed by atoms with E-state index >= 15 is 0 Å². The lowest BCUT2D eigenvalue weighted by Gasteiger charge is -2.41. The second kappa shape index (κ2) is 11.5. The average Bonchev–Trinajstić information content (AvgIpc) is 3.38. The van der Waals surface area contributed by atoms with E-state index in [1.807, 2.05) is 27.0 Å². The summed E-state index contributed by atoms with van der Waals surface area (Å²) in [6.45, 7) is 8.05. The van der Waals surface area contributed by atoms with Crippen LogP contribution in [0.2, 0.25) is 10.0 Å². The Morgan fingerprint density at radius 2 is 1.95 bits per heavy atom. The summed E-state index contributed by atoms with van der Waals surface area (Å²) in [5.41, 5.74) is 6.64. The summed E-state index contributed by atoms with van der Waals surface area (Å²) in [6.07, 6.45) is 5.36. The van der Waals surface area contributed by atoms with Gasteiger partial charge in [0.15, 0.2) is 11.6 Å². The number of hydrogen-bond acceptors (Lipinski definition) is 7. The van der Waals surface area contributed by atoms with Gasteiger partial charge in [0.25, 0.3) is 0 Å². The molecule has 1 fully saturated rings. The third-order valence-corrected chi connectivity index (χ3v) is 7.54. The van der Waals surface area contributed by atoms with Crippen LogP contribution >= 0.6 is 23.2 Å². The minimum absolute atomic E-state index is 0.121. The van der Waals surface area contributed by atoms with Crippen LogP contribution in [0.4, 0.5) is 15.0 Å². The van der Waals surface area contributed by atoms with E-state index in [1.165, 1.54) is 12.1 Å². The fourth-order valence-electron chi connectivity index (χ4n) is 4.67. The predicted octanol–water partition coefficient (Wildman–Crippen LogP) is 6.75. The van der Waals surface area contributed by atoms with Crippen molar-refractivity contribution in [3.8, 4) is 22.9 Å². The molecule has 1 atom stereocenters. The summed E-state index contributed by atoms with van der Waals surface area (Å²) in [7, 11) is 0. The number of nitrogens with two attached hydrogens (primary N) is 1. The molecule has 2 N–H and O–H groups in total. The number of anilines is 1. The molecule has 2 aromatic heterocycles. The first-order chi connectivity index (χ1) is 18.8. The first-order valence-electron chi connectivity index (χ1n) is 12.8. The molecule has 1 aliphatic heterocycles. The zero-order valence-electron chi connectivity index (χ0n) is 22.7. The first kappa shape index (κ1) is 29.4. The molecule has 4 rings (SSSR count). The van der Waals surface area contributed by atoms with Crippen LogP contribution in [0.1, 0.15) is 58.6 Å². The normalized spacial score (nSPS) is 15.8. The highest BCUT2D eigenvalue weighted by atomic mass is 35.5. The number of ether oxygens (including phenoxy) is 2. The zero-order valence-corrected chi connectivity index (χ0v) is 24.3. The van der Waals surface area contributed by atoms with Gasteiger partial charge in [0.2, 0.25) is 0 Å². The van der Waals surface area contributed by atoms with Crippen molar-refractivity contribution >= 4 is 35.1 Å². The van der Waals surface area contributed by atoms with Crippen molar-refractivity contribution in [1.82, 2.24) is 19.7 Å². The minimum atomic E-state index is -0.716. The Labute approximate surface area is 242 Å². The Kier molecular flexibility index (Phi) is 8.47. The van der Waals surface area contributed by atoms with Gasteiger partial charge in [0.05, 0.1) is 29.2 Å². The van der Waals surface area contributed by atoms with Gasteiger partial charge in [-0.25, -0.2) is 14.2 Å². The van der Waals surface area contributed by atoms with E-state index in [0.717, 1.165) is 5.56 Å². The Hall–Kier alpha value is -3.55. The van der Waals surface area contributed by atoms with Gasteiger partial charge in [-0.1, -0.05) is 23.2 Å². The fourth-order valence-corrected chi connectivity index (χ4v) is 5.35. The van der Waals surface area contributed by atoms with Crippen LogP contribution in [0.25, 0.3) is 11.1 Å². The molecular weight excluding hydrogens is 558 g/mol. The fraction of sp³-hybridized carbons (Fsp3) is 0.429. The quantitative estimate of drug-likeness (QED) is 0.316. The number of carbonyl (C=O) groups excluding carboxylic acids is 1. The van der Waals surface area contributed by atoms with E-state index in [9.17, 15) is 14.4 Å². The second-order valence-corrected chi connectivity index (χ2v) is 11.6. The van der Waals surface area contributed by atoms with Crippen molar-refractivity contribution in [2.75, 3.05) is 18.8 Å². The van der Waals surface area contributed by atoms with Gasteiger partial charge in [-0.05, 0) is 58.7 Å². The summed E-state index contributed by atoms with van der Waals surface area (Å²) in [5, 5.41) is 14.3.